The number of halogens is 1. The number of carbonyl (C=O) groups excluding carboxylic acids is 1. The van der Waals surface area contributed by atoms with Gasteiger partial charge in [-0.1, -0.05) is 31.2 Å². The molecule has 3 rings (SSSR count). The standard InChI is InChI=1S/C22H21FN2O4S/c1-2-16-6-3-4-9-21(16)29-15-22(26)24-18-10-12-20(13-11-18)30(27,28)25-19-8-5-7-17(23)14-19/h3-14,25H,2,15H2,1H3,(H,24,26). The minimum Gasteiger partial charge on any atom is -0.483 e. The van der Waals surface area contributed by atoms with E-state index in [0.29, 0.717) is 11.4 Å². The highest BCUT2D eigenvalue weighted by molar-refractivity contribution is 7.92. The van der Waals surface area contributed by atoms with E-state index in [2.05, 4.69) is 10.0 Å². The van der Waals surface area contributed by atoms with Gasteiger partial charge < -0.3 is 10.1 Å². The van der Waals surface area contributed by atoms with Crippen LogP contribution in [0, 0.1) is 5.82 Å². The van der Waals surface area contributed by atoms with Crippen molar-refractivity contribution in [1.29, 1.82) is 0 Å². The molecule has 6 nitrogen and oxygen atoms in total. The maximum Gasteiger partial charge on any atom is 0.262 e. The molecule has 0 unspecified atom stereocenters. The van der Waals surface area contributed by atoms with Gasteiger partial charge in [-0.15, -0.1) is 0 Å². The van der Waals surface area contributed by atoms with E-state index in [9.17, 15) is 17.6 Å². The maximum absolute atomic E-state index is 13.2. The fourth-order valence-corrected chi connectivity index (χ4v) is 3.81. The number of sulfonamides is 1. The fourth-order valence-electron chi connectivity index (χ4n) is 2.76. The first-order valence-electron chi connectivity index (χ1n) is 9.26. The average Bonchev–Trinajstić information content (AvgIpc) is 2.72. The highest BCUT2D eigenvalue weighted by atomic mass is 32.2. The van der Waals surface area contributed by atoms with E-state index < -0.39 is 15.8 Å². The predicted molar refractivity (Wildman–Crippen MR) is 114 cm³/mol. The molecule has 3 aromatic carbocycles. The second kappa shape index (κ2) is 9.41. The molecule has 0 aliphatic carbocycles. The van der Waals surface area contributed by atoms with Crippen molar-refractivity contribution in [1.82, 2.24) is 0 Å². The summed E-state index contributed by atoms with van der Waals surface area (Å²) < 4.78 is 46.0. The van der Waals surface area contributed by atoms with Gasteiger partial charge in [0.2, 0.25) is 0 Å². The van der Waals surface area contributed by atoms with Crippen LogP contribution in [-0.4, -0.2) is 20.9 Å². The molecular formula is C22H21FN2O4S. The van der Waals surface area contributed by atoms with Crippen molar-refractivity contribution in [3.63, 3.8) is 0 Å². The number of carbonyl (C=O) groups is 1. The lowest BCUT2D eigenvalue weighted by atomic mass is 10.1. The second-order valence-electron chi connectivity index (χ2n) is 6.44. The Morgan fingerprint density at radius 1 is 0.967 bits per heavy atom. The fraction of sp³-hybridized carbons (Fsp3) is 0.136. The summed E-state index contributed by atoms with van der Waals surface area (Å²) in [4.78, 5) is 12.1. The Kier molecular flexibility index (Phi) is 6.68. The lowest BCUT2D eigenvalue weighted by molar-refractivity contribution is -0.118. The number of nitrogens with one attached hydrogen (secondary N) is 2. The summed E-state index contributed by atoms with van der Waals surface area (Å²) >= 11 is 0. The molecule has 1 amide bonds. The molecule has 0 aliphatic rings. The number of benzene rings is 3. The van der Waals surface area contributed by atoms with Gasteiger partial charge in [-0.3, -0.25) is 9.52 Å². The number of para-hydroxylation sites is 1. The molecule has 2 N–H and O–H groups in total. The highest BCUT2D eigenvalue weighted by Gasteiger charge is 2.15. The molecule has 0 heterocycles. The molecule has 0 radical (unpaired) electrons. The van der Waals surface area contributed by atoms with Crippen LogP contribution >= 0.6 is 0 Å². The summed E-state index contributed by atoms with van der Waals surface area (Å²) in [6.07, 6.45) is 0.789. The molecule has 3 aromatic rings. The van der Waals surface area contributed by atoms with Gasteiger partial charge >= 0.3 is 0 Å². The Balaban J connectivity index is 1.60. The topological polar surface area (TPSA) is 84.5 Å². The molecule has 0 fully saturated rings. The minimum atomic E-state index is -3.88. The van der Waals surface area contributed by atoms with Crippen LogP contribution in [0.2, 0.25) is 0 Å². The minimum absolute atomic E-state index is 0.0158. The van der Waals surface area contributed by atoms with Crippen molar-refractivity contribution in [2.45, 2.75) is 18.2 Å². The number of rotatable bonds is 8. The van der Waals surface area contributed by atoms with Gasteiger partial charge in [0.25, 0.3) is 15.9 Å². The van der Waals surface area contributed by atoms with E-state index in [1.165, 1.54) is 42.5 Å². The smallest absolute Gasteiger partial charge is 0.262 e. The summed E-state index contributed by atoms with van der Waals surface area (Å²) in [7, 11) is -3.88. The van der Waals surface area contributed by atoms with Crippen molar-refractivity contribution < 1.29 is 22.3 Å². The van der Waals surface area contributed by atoms with E-state index >= 15 is 0 Å². The van der Waals surface area contributed by atoms with Crippen LogP contribution in [0.4, 0.5) is 15.8 Å². The van der Waals surface area contributed by atoms with E-state index in [-0.39, 0.29) is 23.1 Å². The third-order valence-electron chi connectivity index (χ3n) is 4.24. The van der Waals surface area contributed by atoms with E-state index in [1.807, 2.05) is 25.1 Å². The van der Waals surface area contributed by atoms with Crippen LogP contribution in [0.15, 0.2) is 77.7 Å². The first-order valence-corrected chi connectivity index (χ1v) is 10.7. The van der Waals surface area contributed by atoms with Gasteiger partial charge in [0.15, 0.2) is 6.61 Å². The van der Waals surface area contributed by atoms with Crippen LogP contribution in [0.3, 0.4) is 0 Å². The number of ether oxygens (including phenoxy) is 1. The quantitative estimate of drug-likeness (QED) is 0.563. The SMILES string of the molecule is CCc1ccccc1OCC(=O)Nc1ccc(S(=O)(=O)Nc2cccc(F)c2)cc1. The molecule has 8 heteroatoms. The van der Waals surface area contributed by atoms with Gasteiger partial charge in [0, 0.05) is 5.69 Å². The zero-order valence-corrected chi connectivity index (χ0v) is 17.1. The number of hydrogen-bond acceptors (Lipinski definition) is 4. The third-order valence-corrected chi connectivity index (χ3v) is 5.63. The van der Waals surface area contributed by atoms with E-state index in [1.54, 1.807) is 6.07 Å². The van der Waals surface area contributed by atoms with Crippen molar-refractivity contribution in [3.05, 3.63) is 84.2 Å². The zero-order chi connectivity index (χ0) is 21.6. The zero-order valence-electron chi connectivity index (χ0n) is 16.3. The van der Waals surface area contributed by atoms with Gasteiger partial charge in [-0.2, -0.15) is 0 Å². The maximum atomic E-state index is 13.2. The van der Waals surface area contributed by atoms with E-state index in [0.717, 1.165) is 18.1 Å². The van der Waals surface area contributed by atoms with Crippen molar-refractivity contribution in [2.75, 3.05) is 16.6 Å². The van der Waals surface area contributed by atoms with Crippen LogP contribution in [0.25, 0.3) is 0 Å². The molecule has 0 bridgehead atoms. The largest absolute Gasteiger partial charge is 0.483 e. The number of amides is 1. The van der Waals surface area contributed by atoms with Gasteiger partial charge in [0.05, 0.1) is 10.6 Å². The van der Waals surface area contributed by atoms with Crippen molar-refractivity contribution >= 4 is 27.3 Å². The summed E-state index contributed by atoms with van der Waals surface area (Å²) in [5.41, 5.74) is 1.56. The normalized spacial score (nSPS) is 11.0. The Bertz CT molecular complexity index is 1130. The molecule has 0 spiro atoms. The molecule has 0 saturated heterocycles. The second-order valence-corrected chi connectivity index (χ2v) is 8.12. The lowest BCUT2D eigenvalue weighted by Gasteiger charge is -2.11. The lowest BCUT2D eigenvalue weighted by Crippen LogP contribution is -2.20. The van der Waals surface area contributed by atoms with Crippen LogP contribution in [0.1, 0.15) is 12.5 Å². The van der Waals surface area contributed by atoms with Crippen molar-refractivity contribution in [2.24, 2.45) is 0 Å². The van der Waals surface area contributed by atoms with Crippen LogP contribution < -0.4 is 14.8 Å². The van der Waals surface area contributed by atoms with Gasteiger partial charge in [-0.25, -0.2) is 12.8 Å². The molecular weight excluding hydrogens is 407 g/mol. The third kappa shape index (κ3) is 5.57. The number of hydrogen-bond donors (Lipinski definition) is 2. The molecule has 0 aromatic heterocycles. The number of aryl methyl sites for hydroxylation is 1. The Hall–Kier alpha value is -3.39. The Labute approximate surface area is 174 Å². The number of anilines is 2. The van der Waals surface area contributed by atoms with Crippen LogP contribution in [-0.2, 0) is 21.2 Å². The molecule has 30 heavy (non-hydrogen) atoms. The van der Waals surface area contributed by atoms with Gasteiger partial charge in [0.1, 0.15) is 11.6 Å². The highest BCUT2D eigenvalue weighted by Crippen LogP contribution is 2.20. The summed E-state index contributed by atoms with van der Waals surface area (Å²) in [5.74, 6) is -0.258. The molecule has 0 saturated carbocycles. The summed E-state index contributed by atoms with van der Waals surface area (Å²) in [6, 6.07) is 18.3. The predicted octanol–water partition coefficient (Wildman–Crippen LogP) is 4.21. The average molecular weight is 428 g/mol. The first kappa shape index (κ1) is 21.3. The Morgan fingerprint density at radius 2 is 1.70 bits per heavy atom. The summed E-state index contributed by atoms with van der Waals surface area (Å²) in [6.45, 7) is 1.83. The summed E-state index contributed by atoms with van der Waals surface area (Å²) in [5, 5.41) is 2.66. The monoisotopic (exact) mass is 428 g/mol. The van der Waals surface area contributed by atoms with E-state index in [4.69, 9.17) is 4.74 Å². The van der Waals surface area contributed by atoms with Crippen LogP contribution in [0.5, 0.6) is 5.75 Å². The molecule has 156 valence electrons. The first-order chi connectivity index (χ1) is 14.4. The molecule has 0 atom stereocenters. The van der Waals surface area contributed by atoms with Gasteiger partial charge in [-0.05, 0) is 60.5 Å². The van der Waals surface area contributed by atoms with Crippen molar-refractivity contribution in [3.8, 4) is 5.75 Å². The Morgan fingerprint density at radius 3 is 2.40 bits per heavy atom. The molecule has 0 aliphatic heterocycles.